The quantitative estimate of drug-likeness (QED) is 0.762. The third-order valence-corrected chi connectivity index (χ3v) is 4.25. The van der Waals surface area contributed by atoms with Gasteiger partial charge in [0.2, 0.25) is 5.91 Å². The van der Waals surface area contributed by atoms with Crippen LogP contribution in [0.2, 0.25) is 0 Å². The fraction of sp³-hybridized carbons (Fsp3) is 0.786. The molecule has 2 aliphatic rings. The van der Waals surface area contributed by atoms with Crippen molar-refractivity contribution in [3.05, 3.63) is 0 Å². The first kappa shape index (κ1) is 15.6. The lowest BCUT2D eigenvalue weighted by Crippen LogP contribution is -2.49. The summed E-state index contributed by atoms with van der Waals surface area (Å²) in [6.45, 7) is 4.83. The van der Waals surface area contributed by atoms with Gasteiger partial charge in [-0.1, -0.05) is 0 Å². The number of carbonyl (C=O) groups excluding carboxylic acids is 2. The van der Waals surface area contributed by atoms with E-state index in [9.17, 15) is 14.4 Å². The maximum Gasteiger partial charge on any atom is 0.320 e. The van der Waals surface area contributed by atoms with Gasteiger partial charge in [0.1, 0.15) is 0 Å². The Bertz CT molecular complexity index is 426. The second-order valence-corrected chi connectivity index (χ2v) is 5.75. The van der Waals surface area contributed by atoms with Crippen LogP contribution in [0.1, 0.15) is 26.2 Å². The third-order valence-electron chi connectivity index (χ3n) is 4.25. The van der Waals surface area contributed by atoms with Crippen molar-refractivity contribution < 1.29 is 19.5 Å². The number of carboxylic acid groups (broad SMARTS) is 1. The molecule has 0 saturated carbocycles. The molecule has 0 radical (unpaired) electrons. The zero-order chi connectivity index (χ0) is 15.4. The highest BCUT2D eigenvalue weighted by Gasteiger charge is 2.31. The Labute approximate surface area is 124 Å². The highest BCUT2D eigenvalue weighted by molar-refractivity contribution is 5.77. The van der Waals surface area contributed by atoms with E-state index in [0.29, 0.717) is 45.7 Å². The summed E-state index contributed by atoms with van der Waals surface area (Å²) < 4.78 is 0. The largest absolute Gasteiger partial charge is 0.481 e. The van der Waals surface area contributed by atoms with Crippen LogP contribution in [0.25, 0.3) is 0 Å². The number of amides is 3. The normalized spacial score (nSPS) is 23.7. The van der Waals surface area contributed by atoms with Gasteiger partial charge in [-0.3, -0.25) is 9.59 Å². The molecule has 21 heavy (non-hydrogen) atoms. The predicted molar refractivity (Wildman–Crippen MR) is 75.8 cm³/mol. The first-order valence-electron chi connectivity index (χ1n) is 7.51. The van der Waals surface area contributed by atoms with Crippen molar-refractivity contribution in [2.75, 3.05) is 39.3 Å². The maximum absolute atomic E-state index is 12.5. The van der Waals surface area contributed by atoms with Crippen molar-refractivity contribution >= 4 is 17.9 Å². The summed E-state index contributed by atoms with van der Waals surface area (Å²) in [4.78, 5) is 40.1. The number of hydrogen-bond acceptors (Lipinski definition) is 3. The highest BCUT2D eigenvalue weighted by atomic mass is 16.4. The summed E-state index contributed by atoms with van der Waals surface area (Å²) in [6.07, 6.45) is 2.13. The van der Waals surface area contributed by atoms with E-state index >= 15 is 0 Å². The molecule has 0 aromatic heterocycles. The van der Waals surface area contributed by atoms with Crippen LogP contribution in [-0.2, 0) is 9.59 Å². The molecule has 7 heteroatoms. The minimum Gasteiger partial charge on any atom is -0.481 e. The summed E-state index contributed by atoms with van der Waals surface area (Å²) in [5.74, 6) is -1.25. The smallest absolute Gasteiger partial charge is 0.320 e. The van der Waals surface area contributed by atoms with Crippen molar-refractivity contribution in [2.45, 2.75) is 26.2 Å². The molecule has 1 N–H and O–H groups in total. The van der Waals surface area contributed by atoms with Crippen LogP contribution in [0.3, 0.4) is 0 Å². The van der Waals surface area contributed by atoms with Crippen LogP contribution in [0.5, 0.6) is 0 Å². The van der Waals surface area contributed by atoms with E-state index in [1.165, 1.54) is 0 Å². The minimum atomic E-state index is -0.828. The molecule has 2 aliphatic heterocycles. The van der Waals surface area contributed by atoms with Gasteiger partial charge >= 0.3 is 12.0 Å². The van der Waals surface area contributed by atoms with Crippen LogP contribution in [-0.4, -0.2) is 77.0 Å². The highest BCUT2D eigenvalue weighted by Crippen LogP contribution is 2.18. The Balaban J connectivity index is 1.93. The van der Waals surface area contributed by atoms with Gasteiger partial charge in [0.05, 0.1) is 5.92 Å². The number of aliphatic carboxylic acids is 1. The molecule has 2 heterocycles. The zero-order valence-electron chi connectivity index (χ0n) is 12.5. The molecule has 0 bridgehead atoms. The lowest BCUT2D eigenvalue weighted by Gasteiger charge is -2.34. The molecule has 0 spiro atoms. The van der Waals surface area contributed by atoms with Gasteiger partial charge in [0.15, 0.2) is 0 Å². The van der Waals surface area contributed by atoms with Crippen LogP contribution < -0.4 is 0 Å². The van der Waals surface area contributed by atoms with Gasteiger partial charge in [-0.2, -0.15) is 0 Å². The summed E-state index contributed by atoms with van der Waals surface area (Å²) in [5, 5.41) is 9.09. The number of carboxylic acids is 1. The second-order valence-electron chi connectivity index (χ2n) is 5.75. The minimum absolute atomic E-state index is 0.0354. The fourth-order valence-corrected chi connectivity index (χ4v) is 2.98. The van der Waals surface area contributed by atoms with E-state index in [-0.39, 0.29) is 11.9 Å². The Morgan fingerprint density at radius 3 is 2.19 bits per heavy atom. The summed E-state index contributed by atoms with van der Waals surface area (Å²) in [6, 6.07) is -0.0913. The van der Waals surface area contributed by atoms with Crippen LogP contribution in [0.15, 0.2) is 0 Å². The van der Waals surface area contributed by atoms with Crippen LogP contribution in [0.4, 0.5) is 4.79 Å². The Kier molecular flexibility index (Phi) is 5.03. The lowest BCUT2D eigenvalue weighted by atomic mass is 9.99. The van der Waals surface area contributed by atoms with Gasteiger partial charge in [-0.15, -0.1) is 0 Å². The number of likely N-dealkylation sites (tertiary alicyclic amines) is 1. The van der Waals surface area contributed by atoms with E-state index in [1.807, 2.05) is 0 Å². The monoisotopic (exact) mass is 297 g/mol. The first-order chi connectivity index (χ1) is 9.99. The molecule has 0 aromatic carbocycles. The SMILES string of the molecule is CC(=O)N1CCCN(C(=O)N2CCC[C@@H](C(=O)O)C2)CC1. The molecular weight excluding hydrogens is 274 g/mol. The molecule has 3 amide bonds. The Morgan fingerprint density at radius 1 is 0.905 bits per heavy atom. The molecular formula is C14H23N3O4. The van der Waals surface area contributed by atoms with Crippen molar-refractivity contribution in [3.63, 3.8) is 0 Å². The van der Waals surface area contributed by atoms with Gasteiger partial charge in [-0.05, 0) is 19.3 Å². The van der Waals surface area contributed by atoms with E-state index in [1.54, 1.807) is 21.6 Å². The molecule has 7 nitrogen and oxygen atoms in total. The van der Waals surface area contributed by atoms with Crippen LogP contribution in [0, 0.1) is 5.92 Å². The molecule has 2 saturated heterocycles. The zero-order valence-corrected chi connectivity index (χ0v) is 12.5. The number of urea groups is 1. The number of carbonyl (C=O) groups is 3. The standard InChI is InChI=1S/C14H23N3O4/c1-11(18)15-6-3-7-16(9-8-15)14(21)17-5-2-4-12(10-17)13(19)20/h12H,2-10H2,1H3,(H,19,20)/t12-/m1/s1. The molecule has 0 aromatic rings. The average Bonchev–Trinajstić information content (AvgIpc) is 2.72. The number of rotatable bonds is 1. The van der Waals surface area contributed by atoms with E-state index in [4.69, 9.17) is 5.11 Å². The van der Waals surface area contributed by atoms with Crippen LogP contribution >= 0.6 is 0 Å². The third kappa shape index (κ3) is 3.86. The fourth-order valence-electron chi connectivity index (χ4n) is 2.98. The van der Waals surface area contributed by atoms with Gasteiger partial charge in [-0.25, -0.2) is 4.79 Å². The topological polar surface area (TPSA) is 81.2 Å². The van der Waals surface area contributed by atoms with Crippen molar-refractivity contribution in [2.24, 2.45) is 5.92 Å². The molecule has 1 atom stereocenters. The van der Waals surface area contributed by atoms with Gasteiger partial charge < -0.3 is 19.8 Å². The van der Waals surface area contributed by atoms with Gasteiger partial charge in [0.25, 0.3) is 0 Å². The Hall–Kier alpha value is -1.79. The lowest BCUT2D eigenvalue weighted by molar-refractivity contribution is -0.143. The number of hydrogen-bond donors (Lipinski definition) is 1. The average molecular weight is 297 g/mol. The maximum atomic E-state index is 12.5. The van der Waals surface area contributed by atoms with Crippen molar-refractivity contribution in [1.29, 1.82) is 0 Å². The van der Waals surface area contributed by atoms with E-state index in [2.05, 4.69) is 0 Å². The molecule has 2 fully saturated rings. The summed E-state index contributed by atoms with van der Waals surface area (Å²) in [7, 11) is 0. The number of nitrogens with zero attached hydrogens (tertiary/aromatic N) is 3. The predicted octanol–water partition coefficient (Wildman–Crippen LogP) is 0.457. The van der Waals surface area contributed by atoms with Crippen molar-refractivity contribution in [1.82, 2.24) is 14.7 Å². The van der Waals surface area contributed by atoms with Gasteiger partial charge in [0, 0.05) is 46.2 Å². The molecule has 118 valence electrons. The van der Waals surface area contributed by atoms with E-state index in [0.717, 1.165) is 12.8 Å². The first-order valence-corrected chi connectivity index (χ1v) is 7.51. The molecule has 0 aliphatic carbocycles. The number of piperidine rings is 1. The molecule has 0 unspecified atom stereocenters. The summed E-state index contributed by atoms with van der Waals surface area (Å²) in [5.41, 5.74) is 0. The van der Waals surface area contributed by atoms with E-state index < -0.39 is 11.9 Å². The second kappa shape index (κ2) is 6.78. The van der Waals surface area contributed by atoms with Crippen molar-refractivity contribution in [3.8, 4) is 0 Å². The summed E-state index contributed by atoms with van der Waals surface area (Å²) >= 11 is 0. The molecule has 2 rings (SSSR count). The Morgan fingerprint density at radius 2 is 1.52 bits per heavy atom.